The molecule has 0 saturated carbocycles. The van der Waals surface area contributed by atoms with Gasteiger partial charge in [0.15, 0.2) is 5.43 Å². The number of amides is 1. The Hall–Kier alpha value is -1.62. The Labute approximate surface area is 126 Å². The molecule has 1 aromatic rings. The topological polar surface area (TPSA) is 56.4 Å². The van der Waals surface area contributed by atoms with Gasteiger partial charge in [0, 0.05) is 38.1 Å². The maximum absolute atomic E-state index is 12.4. The largest absolute Gasteiger partial charge is 0.367 e. The minimum absolute atomic E-state index is 0.141. The number of hydrogen-bond donors (Lipinski definition) is 1. The number of carbonyl (C=O) groups is 1. The van der Waals surface area contributed by atoms with E-state index in [-0.39, 0.29) is 16.9 Å². The Morgan fingerprint density at radius 2 is 2.00 bits per heavy atom. The van der Waals surface area contributed by atoms with Gasteiger partial charge >= 0.3 is 0 Å². The molecule has 5 heteroatoms. The van der Waals surface area contributed by atoms with E-state index >= 15 is 0 Å². The Bertz CT molecular complexity index is 514. The summed E-state index contributed by atoms with van der Waals surface area (Å²) in [5, 5.41) is 0. The molecule has 0 spiro atoms. The van der Waals surface area contributed by atoms with Crippen molar-refractivity contribution in [1.29, 1.82) is 0 Å². The molecule has 0 aromatic carbocycles. The van der Waals surface area contributed by atoms with Crippen LogP contribution in [0, 0.1) is 5.92 Å². The molecular formula is C16H25N3O2. The van der Waals surface area contributed by atoms with Gasteiger partial charge in [0.05, 0.1) is 0 Å². The van der Waals surface area contributed by atoms with E-state index in [2.05, 4.69) is 23.7 Å². The molecule has 2 rings (SSSR count). The van der Waals surface area contributed by atoms with Gasteiger partial charge < -0.3 is 14.8 Å². The van der Waals surface area contributed by atoms with Crippen molar-refractivity contribution in [2.45, 2.75) is 26.7 Å². The SMILES string of the molecule is CCN(CC)CC1CCN(C(=O)c2c[nH]ccc2=O)CC1. The number of hydrogen-bond acceptors (Lipinski definition) is 3. The van der Waals surface area contributed by atoms with E-state index in [9.17, 15) is 9.59 Å². The molecule has 21 heavy (non-hydrogen) atoms. The molecule has 2 heterocycles. The summed E-state index contributed by atoms with van der Waals surface area (Å²) in [5.41, 5.74) is 0.0451. The predicted octanol–water partition coefficient (Wildman–Crippen LogP) is 1.57. The van der Waals surface area contributed by atoms with Crippen molar-refractivity contribution in [2.75, 3.05) is 32.7 Å². The fourth-order valence-corrected chi connectivity index (χ4v) is 2.92. The van der Waals surface area contributed by atoms with Crippen LogP contribution in [0.1, 0.15) is 37.0 Å². The molecule has 1 amide bonds. The molecule has 0 aliphatic carbocycles. The molecule has 0 radical (unpaired) electrons. The third kappa shape index (κ3) is 3.94. The summed E-state index contributed by atoms with van der Waals surface area (Å²) in [5.74, 6) is 0.515. The molecule has 1 N–H and O–H groups in total. The van der Waals surface area contributed by atoms with Crippen molar-refractivity contribution in [2.24, 2.45) is 5.92 Å². The van der Waals surface area contributed by atoms with Crippen molar-refractivity contribution >= 4 is 5.91 Å². The molecule has 1 fully saturated rings. The monoisotopic (exact) mass is 291 g/mol. The summed E-state index contributed by atoms with van der Waals surface area (Å²) in [4.78, 5) is 31.1. The quantitative estimate of drug-likeness (QED) is 0.896. The number of H-pyrrole nitrogens is 1. The minimum atomic E-state index is -0.205. The minimum Gasteiger partial charge on any atom is -0.367 e. The van der Waals surface area contributed by atoms with Crippen LogP contribution in [0.15, 0.2) is 23.3 Å². The molecule has 1 aromatic heterocycles. The third-order valence-electron chi connectivity index (χ3n) is 4.37. The third-order valence-corrected chi connectivity index (χ3v) is 4.37. The Balaban J connectivity index is 1.91. The number of piperidine rings is 1. The van der Waals surface area contributed by atoms with E-state index in [1.165, 1.54) is 12.3 Å². The van der Waals surface area contributed by atoms with Crippen LogP contribution in [-0.4, -0.2) is 53.4 Å². The number of pyridine rings is 1. The van der Waals surface area contributed by atoms with Crippen LogP contribution in [0.3, 0.4) is 0 Å². The van der Waals surface area contributed by atoms with Crippen LogP contribution in [0.2, 0.25) is 0 Å². The number of rotatable bonds is 5. The number of nitrogens with zero attached hydrogens (tertiary/aromatic N) is 2. The van der Waals surface area contributed by atoms with Crippen molar-refractivity contribution in [3.63, 3.8) is 0 Å². The first-order valence-electron chi connectivity index (χ1n) is 7.84. The first-order valence-corrected chi connectivity index (χ1v) is 7.84. The van der Waals surface area contributed by atoms with Crippen molar-refractivity contribution < 1.29 is 4.79 Å². The Morgan fingerprint density at radius 1 is 1.33 bits per heavy atom. The summed E-state index contributed by atoms with van der Waals surface area (Å²) in [6.45, 7) is 9.14. The second-order valence-corrected chi connectivity index (χ2v) is 5.64. The van der Waals surface area contributed by atoms with E-state index < -0.39 is 0 Å². The molecule has 5 nitrogen and oxygen atoms in total. The Morgan fingerprint density at radius 3 is 2.57 bits per heavy atom. The lowest BCUT2D eigenvalue weighted by Gasteiger charge is -2.34. The Kier molecular flexibility index (Phi) is 5.56. The number of aromatic nitrogens is 1. The highest BCUT2D eigenvalue weighted by Crippen LogP contribution is 2.19. The highest BCUT2D eigenvalue weighted by atomic mass is 16.2. The standard InChI is InChI=1S/C16H25N3O2/c1-3-18(4-2)12-13-6-9-19(10-7-13)16(21)14-11-17-8-5-15(14)20/h5,8,11,13H,3-4,6-7,9-10,12H2,1-2H3,(H,17,20). The van der Waals surface area contributed by atoms with Gasteiger partial charge in [0.2, 0.25) is 0 Å². The number of nitrogens with one attached hydrogen (secondary N) is 1. The van der Waals surface area contributed by atoms with Crippen LogP contribution in [0.4, 0.5) is 0 Å². The molecule has 1 saturated heterocycles. The number of likely N-dealkylation sites (tertiary alicyclic amines) is 1. The van der Waals surface area contributed by atoms with Gasteiger partial charge in [0.25, 0.3) is 5.91 Å². The highest BCUT2D eigenvalue weighted by molar-refractivity contribution is 5.93. The zero-order valence-electron chi connectivity index (χ0n) is 13.0. The molecule has 0 bridgehead atoms. The smallest absolute Gasteiger partial charge is 0.259 e. The highest BCUT2D eigenvalue weighted by Gasteiger charge is 2.25. The second kappa shape index (κ2) is 7.41. The molecule has 0 atom stereocenters. The number of aromatic amines is 1. The molecular weight excluding hydrogens is 266 g/mol. The summed E-state index contributed by atoms with van der Waals surface area (Å²) in [6, 6.07) is 1.40. The summed E-state index contributed by atoms with van der Waals surface area (Å²) < 4.78 is 0. The maximum atomic E-state index is 12.4. The molecule has 0 unspecified atom stereocenters. The van der Waals surface area contributed by atoms with E-state index in [0.717, 1.165) is 45.6 Å². The molecule has 1 aliphatic heterocycles. The summed E-state index contributed by atoms with van der Waals surface area (Å²) in [7, 11) is 0. The van der Waals surface area contributed by atoms with E-state index in [1.54, 1.807) is 6.20 Å². The van der Waals surface area contributed by atoms with E-state index in [4.69, 9.17) is 0 Å². The normalized spacial score (nSPS) is 16.4. The van der Waals surface area contributed by atoms with Crippen LogP contribution in [0.5, 0.6) is 0 Å². The summed E-state index contributed by atoms with van der Waals surface area (Å²) in [6.07, 6.45) is 5.10. The lowest BCUT2D eigenvalue weighted by atomic mass is 9.95. The fraction of sp³-hybridized carbons (Fsp3) is 0.625. The predicted molar refractivity (Wildman–Crippen MR) is 83.5 cm³/mol. The van der Waals surface area contributed by atoms with Crippen LogP contribution in [0.25, 0.3) is 0 Å². The summed E-state index contributed by atoms with van der Waals surface area (Å²) >= 11 is 0. The zero-order chi connectivity index (χ0) is 15.2. The maximum Gasteiger partial charge on any atom is 0.259 e. The fourth-order valence-electron chi connectivity index (χ4n) is 2.92. The van der Waals surface area contributed by atoms with Crippen LogP contribution >= 0.6 is 0 Å². The average molecular weight is 291 g/mol. The van der Waals surface area contributed by atoms with Crippen molar-refractivity contribution in [3.8, 4) is 0 Å². The second-order valence-electron chi connectivity index (χ2n) is 5.64. The lowest BCUT2D eigenvalue weighted by Crippen LogP contribution is -2.42. The van der Waals surface area contributed by atoms with Gasteiger partial charge in [0.1, 0.15) is 5.56 Å². The van der Waals surface area contributed by atoms with Gasteiger partial charge in [-0.25, -0.2) is 0 Å². The lowest BCUT2D eigenvalue weighted by molar-refractivity contribution is 0.0668. The van der Waals surface area contributed by atoms with Gasteiger partial charge in [-0.1, -0.05) is 13.8 Å². The molecule has 1 aliphatic rings. The average Bonchev–Trinajstić information content (AvgIpc) is 2.53. The van der Waals surface area contributed by atoms with Gasteiger partial charge in [-0.15, -0.1) is 0 Å². The number of carbonyl (C=O) groups excluding carboxylic acids is 1. The zero-order valence-corrected chi connectivity index (χ0v) is 13.0. The van der Waals surface area contributed by atoms with E-state index in [1.807, 2.05) is 4.90 Å². The van der Waals surface area contributed by atoms with Crippen LogP contribution in [-0.2, 0) is 0 Å². The van der Waals surface area contributed by atoms with Crippen molar-refractivity contribution in [1.82, 2.24) is 14.8 Å². The first-order chi connectivity index (χ1) is 10.2. The van der Waals surface area contributed by atoms with Gasteiger partial charge in [-0.3, -0.25) is 9.59 Å². The van der Waals surface area contributed by atoms with Crippen LogP contribution < -0.4 is 5.43 Å². The van der Waals surface area contributed by atoms with Gasteiger partial charge in [-0.2, -0.15) is 0 Å². The van der Waals surface area contributed by atoms with Crippen molar-refractivity contribution in [3.05, 3.63) is 34.2 Å². The first kappa shape index (κ1) is 15.8. The molecule has 116 valence electrons. The van der Waals surface area contributed by atoms with Gasteiger partial charge in [-0.05, 0) is 31.8 Å². The van der Waals surface area contributed by atoms with E-state index in [0.29, 0.717) is 5.92 Å².